The van der Waals surface area contributed by atoms with Crippen molar-refractivity contribution in [2.75, 3.05) is 18.0 Å². The van der Waals surface area contributed by atoms with Crippen molar-refractivity contribution in [1.29, 1.82) is 0 Å². The van der Waals surface area contributed by atoms with Crippen LogP contribution in [0.1, 0.15) is 28.9 Å². The summed E-state index contributed by atoms with van der Waals surface area (Å²) in [4.78, 5) is 21.5. The van der Waals surface area contributed by atoms with Crippen molar-refractivity contribution >= 4 is 11.8 Å². The van der Waals surface area contributed by atoms with Crippen LogP contribution >= 0.6 is 0 Å². The maximum absolute atomic E-state index is 10.8. The summed E-state index contributed by atoms with van der Waals surface area (Å²) in [5.74, 6) is 0.0298. The second-order valence-corrected chi connectivity index (χ2v) is 6.12. The van der Waals surface area contributed by atoms with Crippen molar-refractivity contribution in [3.8, 4) is 0 Å². The van der Waals surface area contributed by atoms with Gasteiger partial charge in [-0.1, -0.05) is 6.07 Å². The molecule has 1 N–H and O–H groups in total. The molecule has 2 fully saturated rings. The van der Waals surface area contributed by atoms with Gasteiger partial charge in [-0.2, -0.15) is 0 Å². The van der Waals surface area contributed by atoms with Gasteiger partial charge in [-0.25, -0.2) is 14.8 Å². The van der Waals surface area contributed by atoms with Gasteiger partial charge in [-0.15, -0.1) is 0 Å². The quantitative estimate of drug-likeness (QED) is 0.924. The Bertz CT molecular complexity index is 680. The molecule has 4 rings (SSSR count). The van der Waals surface area contributed by atoms with E-state index in [0.717, 1.165) is 24.5 Å². The maximum atomic E-state index is 10.8. The summed E-state index contributed by atoms with van der Waals surface area (Å²) in [6.07, 6.45) is 7.65. The molecular formula is C15H16N4O2. The number of nitrogens with zero attached hydrogens (tertiary/aromatic N) is 4. The number of hydrogen-bond donors (Lipinski definition) is 1. The molecule has 0 amide bonds. The summed E-state index contributed by atoms with van der Waals surface area (Å²) in [5.41, 5.74) is 1.73. The molecule has 2 aromatic heterocycles. The number of imidazole rings is 1. The van der Waals surface area contributed by atoms with E-state index in [1.165, 1.54) is 25.4 Å². The summed E-state index contributed by atoms with van der Waals surface area (Å²) in [6, 6.07) is 4.08. The monoisotopic (exact) mass is 284 g/mol. The molecule has 1 spiro atoms. The van der Waals surface area contributed by atoms with E-state index in [9.17, 15) is 4.79 Å². The van der Waals surface area contributed by atoms with Crippen molar-refractivity contribution in [3.05, 3.63) is 42.1 Å². The molecule has 2 aliphatic rings. The zero-order chi connectivity index (χ0) is 14.4. The van der Waals surface area contributed by atoms with Crippen LogP contribution in [0.2, 0.25) is 0 Å². The highest BCUT2D eigenvalue weighted by Crippen LogP contribution is 2.53. The summed E-state index contributed by atoms with van der Waals surface area (Å²) in [5, 5.41) is 8.85. The van der Waals surface area contributed by atoms with E-state index in [4.69, 9.17) is 5.11 Å². The van der Waals surface area contributed by atoms with Crippen LogP contribution in [-0.4, -0.2) is 38.7 Å². The molecule has 0 radical (unpaired) electrons. The minimum Gasteiger partial charge on any atom is -0.476 e. The molecule has 2 aromatic rings. The largest absolute Gasteiger partial charge is 0.476 e. The number of aromatic nitrogens is 3. The average molecular weight is 284 g/mol. The van der Waals surface area contributed by atoms with E-state index in [1.54, 1.807) is 4.57 Å². The van der Waals surface area contributed by atoms with Crippen molar-refractivity contribution in [2.45, 2.75) is 19.4 Å². The van der Waals surface area contributed by atoms with Crippen molar-refractivity contribution in [2.24, 2.45) is 5.41 Å². The smallest absolute Gasteiger partial charge is 0.356 e. The third-order valence-electron chi connectivity index (χ3n) is 4.36. The first-order valence-electron chi connectivity index (χ1n) is 7.09. The minimum atomic E-state index is -1.01. The lowest BCUT2D eigenvalue weighted by molar-refractivity contribution is 0.0691. The first-order valence-corrected chi connectivity index (χ1v) is 7.09. The Kier molecular flexibility index (Phi) is 2.54. The highest BCUT2D eigenvalue weighted by atomic mass is 16.4. The number of carbonyl (C=O) groups is 1. The Hall–Kier alpha value is -2.37. The predicted octanol–water partition coefficient (Wildman–Crippen LogP) is 1.62. The normalized spacial score (nSPS) is 18.6. The maximum Gasteiger partial charge on any atom is 0.356 e. The predicted molar refractivity (Wildman–Crippen MR) is 76.4 cm³/mol. The second-order valence-electron chi connectivity index (χ2n) is 6.12. The third-order valence-corrected chi connectivity index (χ3v) is 4.36. The molecule has 1 saturated carbocycles. The average Bonchev–Trinajstić information content (AvgIpc) is 3.11. The van der Waals surface area contributed by atoms with Crippen molar-refractivity contribution < 1.29 is 9.90 Å². The van der Waals surface area contributed by atoms with E-state index in [0.29, 0.717) is 12.0 Å². The van der Waals surface area contributed by atoms with Crippen LogP contribution in [0.3, 0.4) is 0 Å². The van der Waals surface area contributed by atoms with Gasteiger partial charge < -0.3 is 14.6 Å². The van der Waals surface area contributed by atoms with Crippen LogP contribution in [0, 0.1) is 5.41 Å². The van der Waals surface area contributed by atoms with Crippen molar-refractivity contribution in [1.82, 2.24) is 14.5 Å². The lowest BCUT2D eigenvalue weighted by atomic mass is 9.97. The standard InChI is InChI=1S/C15H16N4O2/c20-14(21)12-7-18(10-17-12)6-11-1-2-13(16-5-11)19-8-15(9-19)3-4-15/h1-2,5,7,10H,3-4,6,8-9H2,(H,20,21). The molecular weight excluding hydrogens is 268 g/mol. The Morgan fingerprint density at radius 3 is 2.67 bits per heavy atom. The van der Waals surface area contributed by atoms with Gasteiger partial charge in [0.2, 0.25) is 0 Å². The Morgan fingerprint density at radius 2 is 2.10 bits per heavy atom. The number of anilines is 1. The Labute approximate surface area is 122 Å². The topological polar surface area (TPSA) is 71.2 Å². The number of pyridine rings is 1. The second kappa shape index (κ2) is 4.31. The van der Waals surface area contributed by atoms with Crippen LogP contribution in [-0.2, 0) is 6.54 Å². The molecule has 0 aromatic carbocycles. The highest BCUT2D eigenvalue weighted by Gasteiger charge is 2.52. The fraction of sp³-hybridized carbons (Fsp3) is 0.400. The zero-order valence-corrected chi connectivity index (χ0v) is 11.6. The SMILES string of the molecule is O=C(O)c1cn(Cc2ccc(N3CC4(CC4)C3)nc2)cn1. The van der Waals surface area contributed by atoms with Gasteiger partial charge in [-0.05, 0) is 24.5 Å². The van der Waals surface area contributed by atoms with Gasteiger partial charge in [0, 0.05) is 30.9 Å². The molecule has 108 valence electrons. The molecule has 0 bridgehead atoms. The zero-order valence-electron chi connectivity index (χ0n) is 11.6. The number of rotatable bonds is 4. The van der Waals surface area contributed by atoms with E-state index in [2.05, 4.69) is 14.9 Å². The Morgan fingerprint density at radius 1 is 1.29 bits per heavy atom. The van der Waals surface area contributed by atoms with Gasteiger partial charge >= 0.3 is 5.97 Å². The molecule has 1 saturated heterocycles. The van der Waals surface area contributed by atoms with Crippen LogP contribution < -0.4 is 4.90 Å². The molecule has 0 atom stereocenters. The van der Waals surface area contributed by atoms with E-state index in [-0.39, 0.29) is 5.69 Å². The summed E-state index contributed by atoms with van der Waals surface area (Å²) in [7, 11) is 0. The van der Waals surface area contributed by atoms with Crippen LogP contribution in [0.5, 0.6) is 0 Å². The molecule has 1 aliphatic heterocycles. The molecule has 1 aliphatic carbocycles. The first kappa shape index (κ1) is 12.4. The lowest BCUT2D eigenvalue weighted by Gasteiger charge is -2.40. The van der Waals surface area contributed by atoms with E-state index in [1.807, 2.05) is 18.3 Å². The van der Waals surface area contributed by atoms with Gasteiger partial charge in [-0.3, -0.25) is 0 Å². The number of carboxylic acids is 1. The number of aromatic carboxylic acids is 1. The van der Waals surface area contributed by atoms with Crippen LogP contribution in [0.4, 0.5) is 5.82 Å². The van der Waals surface area contributed by atoms with Gasteiger partial charge in [0.25, 0.3) is 0 Å². The fourth-order valence-corrected chi connectivity index (χ4v) is 2.88. The summed E-state index contributed by atoms with van der Waals surface area (Å²) >= 11 is 0. The molecule has 21 heavy (non-hydrogen) atoms. The van der Waals surface area contributed by atoms with Gasteiger partial charge in [0.15, 0.2) is 5.69 Å². The molecule has 6 heteroatoms. The Balaban J connectivity index is 1.42. The molecule has 3 heterocycles. The van der Waals surface area contributed by atoms with E-state index >= 15 is 0 Å². The van der Waals surface area contributed by atoms with Crippen LogP contribution in [0.25, 0.3) is 0 Å². The number of hydrogen-bond acceptors (Lipinski definition) is 4. The summed E-state index contributed by atoms with van der Waals surface area (Å²) < 4.78 is 1.75. The first-order chi connectivity index (χ1) is 10.1. The summed E-state index contributed by atoms with van der Waals surface area (Å²) in [6.45, 7) is 2.86. The minimum absolute atomic E-state index is 0.0647. The third kappa shape index (κ3) is 2.26. The van der Waals surface area contributed by atoms with E-state index < -0.39 is 5.97 Å². The highest BCUT2D eigenvalue weighted by molar-refractivity contribution is 5.84. The molecule has 6 nitrogen and oxygen atoms in total. The number of carboxylic acid groups (broad SMARTS) is 1. The van der Waals surface area contributed by atoms with Gasteiger partial charge in [0.1, 0.15) is 5.82 Å². The fourth-order valence-electron chi connectivity index (χ4n) is 2.88. The molecule has 0 unspecified atom stereocenters. The van der Waals surface area contributed by atoms with Crippen LogP contribution in [0.15, 0.2) is 30.9 Å². The lowest BCUT2D eigenvalue weighted by Crippen LogP contribution is -2.48. The van der Waals surface area contributed by atoms with Gasteiger partial charge in [0.05, 0.1) is 12.9 Å². The van der Waals surface area contributed by atoms with Crippen molar-refractivity contribution in [3.63, 3.8) is 0 Å².